The topological polar surface area (TPSA) is 47.6 Å². The lowest BCUT2D eigenvalue weighted by Crippen LogP contribution is -2.05. The molecule has 0 radical (unpaired) electrons. The molecule has 0 aliphatic heterocycles. The van der Waals surface area contributed by atoms with Gasteiger partial charge in [-0.15, -0.1) is 0 Å². The summed E-state index contributed by atoms with van der Waals surface area (Å²) in [6, 6.07) is 13.2. The Hall–Kier alpha value is -1.79. The van der Waals surface area contributed by atoms with Crippen molar-refractivity contribution in [1.29, 1.82) is 0 Å². The van der Waals surface area contributed by atoms with E-state index in [4.69, 9.17) is 9.47 Å². The van der Waals surface area contributed by atoms with Crippen molar-refractivity contribution in [2.45, 2.75) is 13.5 Å². The van der Waals surface area contributed by atoms with Gasteiger partial charge in [0.05, 0.1) is 22.7 Å². The first-order valence-electron chi connectivity index (χ1n) is 7.74. The zero-order chi connectivity index (χ0) is 18.2. The molecule has 0 aliphatic rings. The highest BCUT2D eigenvalue weighted by Crippen LogP contribution is 2.28. The maximum absolute atomic E-state index is 11.6. The van der Waals surface area contributed by atoms with Gasteiger partial charge in [0.25, 0.3) is 0 Å². The summed E-state index contributed by atoms with van der Waals surface area (Å²) in [5, 5.41) is 3.39. The number of halogens is 2. The predicted octanol–water partition coefficient (Wildman–Crippen LogP) is 5.57. The third-order valence-corrected chi connectivity index (χ3v) is 3.89. The SMILES string of the molecule is CCOc1ccc(NCc2cccc(C(=O)OC)c2)c(C=C(Br)Br)c1. The number of esters is 1. The molecule has 0 amide bonds. The van der Waals surface area contributed by atoms with Crippen molar-refractivity contribution < 1.29 is 14.3 Å². The summed E-state index contributed by atoms with van der Waals surface area (Å²) >= 11 is 6.79. The third-order valence-electron chi connectivity index (χ3n) is 3.43. The summed E-state index contributed by atoms with van der Waals surface area (Å²) in [5.41, 5.74) is 3.48. The number of carbonyl (C=O) groups excluding carboxylic acids is 1. The fraction of sp³-hybridized carbons (Fsp3) is 0.211. The van der Waals surface area contributed by atoms with Crippen LogP contribution in [0.15, 0.2) is 45.9 Å². The number of rotatable bonds is 7. The summed E-state index contributed by atoms with van der Waals surface area (Å²) < 4.78 is 11.2. The normalized spacial score (nSPS) is 10.1. The van der Waals surface area contributed by atoms with Crippen molar-refractivity contribution in [1.82, 2.24) is 0 Å². The number of hydrogen-bond acceptors (Lipinski definition) is 4. The molecule has 0 fully saturated rings. The first-order valence-corrected chi connectivity index (χ1v) is 9.32. The molecule has 2 aromatic carbocycles. The van der Waals surface area contributed by atoms with E-state index in [0.29, 0.717) is 18.7 Å². The van der Waals surface area contributed by atoms with E-state index in [1.54, 1.807) is 6.07 Å². The smallest absolute Gasteiger partial charge is 0.337 e. The number of anilines is 1. The van der Waals surface area contributed by atoms with Crippen LogP contribution < -0.4 is 10.1 Å². The standard InChI is InChI=1S/C19H19Br2NO3/c1-3-25-16-7-8-17(15(10-16)11-18(20)21)22-12-13-5-4-6-14(9-13)19(23)24-2/h4-11,22H,3,12H2,1-2H3. The Bertz CT molecular complexity index is 771. The molecule has 0 atom stereocenters. The highest BCUT2D eigenvalue weighted by atomic mass is 79.9. The molecular formula is C19H19Br2NO3. The van der Waals surface area contributed by atoms with Crippen LogP contribution in [-0.2, 0) is 11.3 Å². The second kappa shape index (κ2) is 9.63. The summed E-state index contributed by atoms with van der Waals surface area (Å²) in [4.78, 5) is 11.6. The Balaban J connectivity index is 2.19. The van der Waals surface area contributed by atoms with Crippen molar-refractivity contribution in [3.05, 3.63) is 62.5 Å². The largest absolute Gasteiger partial charge is 0.494 e. The lowest BCUT2D eigenvalue weighted by molar-refractivity contribution is 0.0600. The van der Waals surface area contributed by atoms with E-state index >= 15 is 0 Å². The van der Waals surface area contributed by atoms with E-state index in [1.165, 1.54) is 7.11 Å². The maximum atomic E-state index is 11.6. The van der Waals surface area contributed by atoms with Crippen molar-refractivity contribution in [2.75, 3.05) is 19.0 Å². The molecule has 4 nitrogen and oxygen atoms in total. The van der Waals surface area contributed by atoms with Gasteiger partial charge in [0.15, 0.2) is 0 Å². The molecule has 1 N–H and O–H groups in total. The van der Waals surface area contributed by atoms with Crippen LogP contribution in [0.1, 0.15) is 28.4 Å². The molecule has 0 heterocycles. The average molecular weight is 469 g/mol. The summed E-state index contributed by atoms with van der Waals surface area (Å²) in [7, 11) is 1.38. The Morgan fingerprint density at radius 2 is 2.00 bits per heavy atom. The average Bonchev–Trinajstić information content (AvgIpc) is 2.60. The first-order chi connectivity index (χ1) is 12.0. The molecular weight excluding hydrogens is 450 g/mol. The van der Waals surface area contributed by atoms with E-state index in [2.05, 4.69) is 37.2 Å². The van der Waals surface area contributed by atoms with Gasteiger partial charge in [-0.1, -0.05) is 12.1 Å². The molecule has 2 rings (SSSR count). The molecule has 0 unspecified atom stereocenters. The molecule has 0 bridgehead atoms. The van der Waals surface area contributed by atoms with Crippen molar-refractivity contribution in [2.24, 2.45) is 0 Å². The Kier molecular flexibility index (Phi) is 7.52. The highest BCUT2D eigenvalue weighted by molar-refractivity contribution is 9.28. The van der Waals surface area contributed by atoms with Crippen molar-refractivity contribution in [3.8, 4) is 5.75 Å². The maximum Gasteiger partial charge on any atom is 0.337 e. The first kappa shape index (κ1) is 19.5. The fourth-order valence-electron chi connectivity index (χ4n) is 2.32. The van der Waals surface area contributed by atoms with Gasteiger partial charge in [-0.05, 0) is 80.8 Å². The fourth-order valence-corrected chi connectivity index (χ4v) is 2.81. The van der Waals surface area contributed by atoms with Crippen LogP contribution in [0.25, 0.3) is 6.08 Å². The molecule has 132 valence electrons. The molecule has 6 heteroatoms. The van der Waals surface area contributed by atoms with E-state index in [0.717, 1.165) is 26.0 Å². The minimum absolute atomic E-state index is 0.338. The number of carbonyl (C=O) groups is 1. The second-order valence-electron chi connectivity index (χ2n) is 5.16. The van der Waals surface area contributed by atoms with Gasteiger partial charge < -0.3 is 14.8 Å². The van der Waals surface area contributed by atoms with Crippen LogP contribution >= 0.6 is 31.9 Å². The second-order valence-corrected chi connectivity index (χ2v) is 7.93. The minimum Gasteiger partial charge on any atom is -0.494 e. The minimum atomic E-state index is -0.338. The molecule has 2 aromatic rings. The van der Waals surface area contributed by atoms with Gasteiger partial charge in [0.2, 0.25) is 0 Å². The number of ether oxygens (including phenoxy) is 2. The zero-order valence-electron chi connectivity index (χ0n) is 14.0. The number of nitrogens with one attached hydrogen (secondary N) is 1. The lowest BCUT2D eigenvalue weighted by atomic mass is 10.1. The molecule has 0 saturated heterocycles. The van der Waals surface area contributed by atoms with Gasteiger partial charge in [0.1, 0.15) is 5.75 Å². The quantitative estimate of drug-likeness (QED) is 0.539. The van der Waals surface area contributed by atoms with Gasteiger partial charge >= 0.3 is 5.97 Å². The lowest BCUT2D eigenvalue weighted by Gasteiger charge is -2.13. The van der Waals surface area contributed by atoms with Gasteiger partial charge in [-0.25, -0.2) is 4.79 Å². The van der Waals surface area contributed by atoms with Crippen LogP contribution in [0, 0.1) is 0 Å². The number of hydrogen-bond donors (Lipinski definition) is 1. The summed E-state index contributed by atoms with van der Waals surface area (Å²) in [5.74, 6) is 0.475. The molecule has 25 heavy (non-hydrogen) atoms. The Labute approximate surface area is 164 Å². The van der Waals surface area contributed by atoms with Crippen LogP contribution in [0.4, 0.5) is 5.69 Å². The van der Waals surface area contributed by atoms with Gasteiger partial charge in [0, 0.05) is 17.8 Å². The summed E-state index contributed by atoms with van der Waals surface area (Å²) in [6.45, 7) is 3.15. The summed E-state index contributed by atoms with van der Waals surface area (Å²) in [6.07, 6.45) is 1.95. The van der Waals surface area contributed by atoms with Crippen molar-refractivity contribution >= 4 is 49.6 Å². The van der Waals surface area contributed by atoms with Gasteiger partial charge in [-0.3, -0.25) is 0 Å². The molecule has 0 spiro atoms. The van der Waals surface area contributed by atoms with E-state index < -0.39 is 0 Å². The van der Waals surface area contributed by atoms with Crippen LogP contribution in [0.2, 0.25) is 0 Å². The Morgan fingerprint density at radius 1 is 1.20 bits per heavy atom. The van der Waals surface area contributed by atoms with Crippen LogP contribution in [0.3, 0.4) is 0 Å². The molecule has 0 aliphatic carbocycles. The van der Waals surface area contributed by atoms with E-state index in [9.17, 15) is 4.79 Å². The number of methoxy groups -OCH3 is 1. The highest BCUT2D eigenvalue weighted by Gasteiger charge is 2.07. The number of benzene rings is 2. The van der Waals surface area contributed by atoms with Gasteiger partial charge in [-0.2, -0.15) is 0 Å². The predicted molar refractivity (Wildman–Crippen MR) is 109 cm³/mol. The van der Waals surface area contributed by atoms with Crippen LogP contribution in [0.5, 0.6) is 5.75 Å². The van der Waals surface area contributed by atoms with Crippen molar-refractivity contribution in [3.63, 3.8) is 0 Å². The Morgan fingerprint density at radius 3 is 2.68 bits per heavy atom. The van der Waals surface area contributed by atoms with E-state index in [-0.39, 0.29) is 5.97 Å². The monoisotopic (exact) mass is 467 g/mol. The third kappa shape index (κ3) is 5.90. The van der Waals surface area contributed by atoms with E-state index in [1.807, 2.05) is 49.4 Å². The zero-order valence-corrected chi connectivity index (χ0v) is 17.2. The molecule has 0 aromatic heterocycles. The molecule has 0 saturated carbocycles. The van der Waals surface area contributed by atoms with Crippen LogP contribution in [-0.4, -0.2) is 19.7 Å².